The van der Waals surface area contributed by atoms with E-state index >= 15 is 0 Å². The lowest BCUT2D eigenvalue weighted by Gasteiger charge is -2.13. The van der Waals surface area contributed by atoms with Crippen molar-refractivity contribution in [3.05, 3.63) is 23.9 Å². The Kier molecular flexibility index (Phi) is 11.5. The van der Waals surface area contributed by atoms with Crippen LogP contribution in [0, 0.1) is 0 Å². The molecular formula is C17H29IN4O3. The van der Waals surface area contributed by atoms with E-state index in [-0.39, 0.29) is 24.0 Å². The molecule has 0 aromatic carbocycles. The van der Waals surface area contributed by atoms with Gasteiger partial charge in [0.05, 0.1) is 19.8 Å². The van der Waals surface area contributed by atoms with Gasteiger partial charge in [-0.1, -0.05) is 6.07 Å². The van der Waals surface area contributed by atoms with E-state index in [4.69, 9.17) is 14.2 Å². The number of ether oxygens (including phenoxy) is 3. The van der Waals surface area contributed by atoms with E-state index in [1.165, 1.54) is 0 Å². The summed E-state index contributed by atoms with van der Waals surface area (Å²) in [6, 6.07) is 3.82. The Morgan fingerprint density at radius 3 is 2.92 bits per heavy atom. The summed E-state index contributed by atoms with van der Waals surface area (Å²) in [5.41, 5.74) is 1.07. The number of nitrogens with zero attached hydrogens (tertiary/aromatic N) is 2. The average molecular weight is 464 g/mol. The zero-order chi connectivity index (χ0) is 17.0. The first kappa shape index (κ1) is 21.9. The third kappa shape index (κ3) is 8.68. The molecule has 2 heterocycles. The first-order valence-corrected chi connectivity index (χ1v) is 8.44. The van der Waals surface area contributed by atoms with Crippen LogP contribution in [0.1, 0.15) is 24.8 Å². The number of halogens is 1. The van der Waals surface area contributed by atoms with Crippen LogP contribution in [-0.4, -0.2) is 57.6 Å². The van der Waals surface area contributed by atoms with Gasteiger partial charge in [0.1, 0.15) is 0 Å². The van der Waals surface area contributed by atoms with Gasteiger partial charge >= 0.3 is 0 Å². The molecule has 7 nitrogen and oxygen atoms in total. The highest BCUT2D eigenvalue weighted by atomic mass is 127. The molecule has 0 radical (unpaired) electrons. The van der Waals surface area contributed by atoms with Crippen molar-refractivity contribution in [1.29, 1.82) is 0 Å². The van der Waals surface area contributed by atoms with Crippen LogP contribution in [0.25, 0.3) is 0 Å². The van der Waals surface area contributed by atoms with Crippen molar-refractivity contribution in [1.82, 2.24) is 15.6 Å². The van der Waals surface area contributed by atoms with Crippen molar-refractivity contribution < 1.29 is 14.2 Å². The fraction of sp³-hybridized carbons (Fsp3) is 0.647. The summed E-state index contributed by atoms with van der Waals surface area (Å²) >= 11 is 0. The van der Waals surface area contributed by atoms with Crippen LogP contribution in [-0.2, 0) is 16.0 Å². The fourth-order valence-corrected chi connectivity index (χ4v) is 2.41. The molecular weight excluding hydrogens is 435 g/mol. The first-order chi connectivity index (χ1) is 11.8. The molecule has 0 bridgehead atoms. The largest absolute Gasteiger partial charge is 0.481 e. The highest BCUT2D eigenvalue weighted by Gasteiger charge is 2.14. The minimum Gasteiger partial charge on any atom is -0.481 e. The van der Waals surface area contributed by atoms with Crippen molar-refractivity contribution in [2.45, 2.75) is 31.9 Å². The van der Waals surface area contributed by atoms with Gasteiger partial charge in [-0.25, -0.2) is 4.98 Å². The SMILES string of the molecule is CN=C(NCCCOCC1CCCO1)NCc1ccc(OC)nc1.I. The monoisotopic (exact) mass is 464 g/mol. The van der Waals surface area contributed by atoms with Crippen molar-refractivity contribution in [3.8, 4) is 5.88 Å². The number of methoxy groups -OCH3 is 1. The molecule has 1 saturated heterocycles. The summed E-state index contributed by atoms with van der Waals surface area (Å²) in [7, 11) is 3.37. The second-order valence-electron chi connectivity index (χ2n) is 5.62. The molecule has 2 rings (SSSR count). The van der Waals surface area contributed by atoms with E-state index in [9.17, 15) is 0 Å². The van der Waals surface area contributed by atoms with Crippen LogP contribution >= 0.6 is 24.0 Å². The Bertz CT molecular complexity index is 493. The molecule has 1 fully saturated rings. The molecule has 142 valence electrons. The molecule has 25 heavy (non-hydrogen) atoms. The number of hydrogen-bond acceptors (Lipinski definition) is 5. The van der Waals surface area contributed by atoms with Gasteiger partial charge in [-0.3, -0.25) is 4.99 Å². The molecule has 1 aliphatic heterocycles. The first-order valence-electron chi connectivity index (χ1n) is 8.44. The van der Waals surface area contributed by atoms with Crippen molar-refractivity contribution in [3.63, 3.8) is 0 Å². The average Bonchev–Trinajstić information content (AvgIpc) is 3.14. The molecule has 0 aliphatic carbocycles. The van der Waals surface area contributed by atoms with Crippen molar-refractivity contribution in [2.75, 3.05) is 40.5 Å². The van der Waals surface area contributed by atoms with Crippen molar-refractivity contribution in [2.24, 2.45) is 4.99 Å². The van der Waals surface area contributed by atoms with Gasteiger partial charge in [-0.2, -0.15) is 0 Å². The molecule has 1 aromatic rings. The Labute approximate surface area is 167 Å². The van der Waals surface area contributed by atoms with Crippen LogP contribution < -0.4 is 15.4 Å². The number of aromatic nitrogens is 1. The van der Waals surface area contributed by atoms with E-state index in [0.29, 0.717) is 25.1 Å². The topological polar surface area (TPSA) is 77.0 Å². The second-order valence-corrected chi connectivity index (χ2v) is 5.62. The summed E-state index contributed by atoms with van der Waals surface area (Å²) < 4.78 is 16.2. The normalized spacial score (nSPS) is 17.0. The predicted molar refractivity (Wildman–Crippen MR) is 109 cm³/mol. The highest BCUT2D eigenvalue weighted by molar-refractivity contribution is 14.0. The molecule has 0 amide bonds. The Balaban J connectivity index is 0.00000312. The van der Waals surface area contributed by atoms with E-state index in [0.717, 1.165) is 50.5 Å². The maximum atomic E-state index is 5.64. The zero-order valence-electron chi connectivity index (χ0n) is 15.0. The van der Waals surface area contributed by atoms with Gasteiger partial charge in [0.15, 0.2) is 5.96 Å². The molecule has 1 unspecified atom stereocenters. The Morgan fingerprint density at radius 2 is 2.28 bits per heavy atom. The molecule has 0 spiro atoms. The predicted octanol–water partition coefficient (Wildman–Crippen LogP) is 1.96. The minimum absolute atomic E-state index is 0. The fourth-order valence-electron chi connectivity index (χ4n) is 2.41. The maximum Gasteiger partial charge on any atom is 0.212 e. The number of hydrogen-bond donors (Lipinski definition) is 2. The molecule has 1 atom stereocenters. The number of rotatable bonds is 9. The molecule has 1 aliphatic rings. The molecule has 1 aromatic heterocycles. The summed E-state index contributed by atoms with van der Waals surface area (Å²) in [4.78, 5) is 8.39. The van der Waals surface area contributed by atoms with Crippen molar-refractivity contribution >= 4 is 29.9 Å². The maximum absolute atomic E-state index is 5.64. The highest BCUT2D eigenvalue weighted by Crippen LogP contribution is 2.11. The number of nitrogens with one attached hydrogen (secondary N) is 2. The van der Waals surface area contributed by atoms with Gasteiger partial charge in [0.25, 0.3) is 0 Å². The lowest BCUT2D eigenvalue weighted by molar-refractivity contribution is 0.0168. The van der Waals surface area contributed by atoms with Gasteiger partial charge in [-0.05, 0) is 24.8 Å². The van der Waals surface area contributed by atoms with E-state index in [1.807, 2.05) is 12.1 Å². The number of pyridine rings is 1. The van der Waals surface area contributed by atoms with E-state index in [1.54, 1.807) is 20.4 Å². The second kappa shape index (κ2) is 13.1. The van der Waals surface area contributed by atoms with Crippen LogP contribution in [0.5, 0.6) is 5.88 Å². The van der Waals surface area contributed by atoms with Gasteiger partial charge < -0.3 is 24.8 Å². The van der Waals surface area contributed by atoms with Crippen LogP contribution in [0.2, 0.25) is 0 Å². The van der Waals surface area contributed by atoms with Gasteiger partial charge in [0, 0.05) is 45.6 Å². The van der Waals surface area contributed by atoms with E-state index in [2.05, 4.69) is 20.6 Å². The van der Waals surface area contributed by atoms with Crippen LogP contribution in [0.4, 0.5) is 0 Å². The smallest absolute Gasteiger partial charge is 0.212 e. The number of guanidine groups is 1. The summed E-state index contributed by atoms with van der Waals surface area (Å²) in [6.07, 6.45) is 5.29. The lowest BCUT2D eigenvalue weighted by atomic mass is 10.2. The number of aliphatic imine (C=N–C) groups is 1. The third-order valence-corrected chi connectivity index (χ3v) is 3.78. The standard InChI is InChI=1S/C17H28N4O3.HI/c1-18-17(21-12-14-6-7-16(22-2)20-11-14)19-8-4-9-23-13-15-5-3-10-24-15;/h6-7,11,15H,3-5,8-10,12-13H2,1-2H3,(H2,18,19,21);1H. The van der Waals surface area contributed by atoms with Gasteiger partial charge in [0.2, 0.25) is 5.88 Å². The summed E-state index contributed by atoms with van der Waals surface area (Å²) in [5.74, 6) is 1.38. The summed E-state index contributed by atoms with van der Waals surface area (Å²) in [6.45, 7) is 3.78. The molecule has 8 heteroatoms. The quantitative estimate of drug-likeness (QED) is 0.252. The van der Waals surface area contributed by atoms with Crippen LogP contribution in [0.15, 0.2) is 23.3 Å². The molecule has 0 saturated carbocycles. The summed E-state index contributed by atoms with van der Waals surface area (Å²) in [5, 5.41) is 6.53. The third-order valence-electron chi connectivity index (χ3n) is 3.78. The lowest BCUT2D eigenvalue weighted by Crippen LogP contribution is -2.37. The Morgan fingerprint density at radius 1 is 1.40 bits per heavy atom. The van der Waals surface area contributed by atoms with Crippen LogP contribution in [0.3, 0.4) is 0 Å². The Hall–Kier alpha value is -1.13. The molecule has 2 N–H and O–H groups in total. The van der Waals surface area contributed by atoms with E-state index < -0.39 is 0 Å². The minimum atomic E-state index is 0. The zero-order valence-corrected chi connectivity index (χ0v) is 17.3. The van der Waals surface area contributed by atoms with Gasteiger partial charge in [-0.15, -0.1) is 24.0 Å².